The average Bonchev–Trinajstić information content (AvgIpc) is 2.28. The third kappa shape index (κ3) is 4.27. The molecule has 0 spiro atoms. The summed E-state index contributed by atoms with van der Waals surface area (Å²) in [6, 6.07) is 6.67. The lowest BCUT2D eigenvalue weighted by molar-refractivity contribution is -0.0249. The summed E-state index contributed by atoms with van der Waals surface area (Å²) in [6.45, 7) is 8.36. The molecular formula is C16H25F2N. The van der Waals surface area contributed by atoms with Crippen LogP contribution in [0.2, 0.25) is 0 Å². The highest BCUT2D eigenvalue weighted by Crippen LogP contribution is 2.35. The minimum absolute atomic E-state index is 0.0258. The molecular weight excluding hydrogens is 244 g/mol. The maximum atomic E-state index is 14.0. The van der Waals surface area contributed by atoms with Gasteiger partial charge in [0.25, 0.3) is 5.92 Å². The lowest BCUT2D eigenvalue weighted by Crippen LogP contribution is -2.19. The van der Waals surface area contributed by atoms with E-state index in [2.05, 4.69) is 13.8 Å². The molecule has 0 amide bonds. The lowest BCUT2D eigenvalue weighted by Gasteiger charge is -2.22. The Kier molecular flexibility index (Phi) is 5.48. The van der Waals surface area contributed by atoms with E-state index in [1.165, 1.54) is 0 Å². The van der Waals surface area contributed by atoms with E-state index in [9.17, 15) is 8.78 Å². The van der Waals surface area contributed by atoms with Crippen LogP contribution in [0, 0.1) is 11.8 Å². The molecule has 1 atom stereocenters. The van der Waals surface area contributed by atoms with Crippen LogP contribution in [0.4, 0.5) is 8.78 Å². The zero-order chi connectivity index (χ0) is 14.6. The van der Waals surface area contributed by atoms with Gasteiger partial charge in [-0.1, -0.05) is 52.0 Å². The molecule has 0 fully saturated rings. The highest BCUT2D eigenvalue weighted by Gasteiger charge is 2.32. The molecule has 1 rings (SSSR count). The molecule has 0 bridgehead atoms. The predicted octanol–water partition coefficient (Wildman–Crippen LogP) is 4.52. The zero-order valence-electron chi connectivity index (χ0n) is 12.3. The van der Waals surface area contributed by atoms with Crippen molar-refractivity contribution in [3.63, 3.8) is 0 Å². The summed E-state index contributed by atoms with van der Waals surface area (Å²) in [5, 5.41) is 0. The molecule has 0 heterocycles. The van der Waals surface area contributed by atoms with Crippen molar-refractivity contribution in [3.05, 3.63) is 35.4 Å². The van der Waals surface area contributed by atoms with Crippen molar-refractivity contribution < 1.29 is 8.78 Å². The van der Waals surface area contributed by atoms with Crippen LogP contribution in [0.15, 0.2) is 24.3 Å². The van der Waals surface area contributed by atoms with Gasteiger partial charge < -0.3 is 5.73 Å². The SMILES string of the molecule is CC(C)CC(F)(F)c1ccc(C(CN)C(C)C)cc1. The Balaban J connectivity index is 2.92. The summed E-state index contributed by atoms with van der Waals surface area (Å²) in [4.78, 5) is 0. The average molecular weight is 269 g/mol. The Morgan fingerprint density at radius 1 is 1.05 bits per heavy atom. The maximum absolute atomic E-state index is 14.0. The molecule has 0 aliphatic carbocycles. The minimum atomic E-state index is -2.75. The Labute approximate surface area is 115 Å². The molecule has 2 N–H and O–H groups in total. The van der Waals surface area contributed by atoms with Crippen molar-refractivity contribution in [2.45, 2.75) is 46.0 Å². The standard InChI is InChI=1S/C16H25F2N/c1-11(2)9-16(17,18)14-7-5-13(6-8-14)15(10-19)12(3)4/h5-8,11-12,15H,9-10,19H2,1-4H3. The predicted molar refractivity (Wildman–Crippen MR) is 76.4 cm³/mol. The Bertz CT molecular complexity index is 382. The van der Waals surface area contributed by atoms with Crippen LogP contribution in [-0.2, 0) is 5.92 Å². The van der Waals surface area contributed by atoms with Crippen molar-refractivity contribution in [2.75, 3.05) is 6.54 Å². The minimum Gasteiger partial charge on any atom is -0.330 e. The van der Waals surface area contributed by atoms with Crippen LogP contribution < -0.4 is 5.73 Å². The molecule has 0 aliphatic rings. The summed E-state index contributed by atoms with van der Waals surface area (Å²) in [5.41, 5.74) is 6.89. The van der Waals surface area contributed by atoms with Gasteiger partial charge in [0.1, 0.15) is 0 Å². The van der Waals surface area contributed by atoms with Crippen LogP contribution in [0.1, 0.15) is 51.2 Å². The molecule has 1 aromatic rings. The number of benzene rings is 1. The highest BCUT2D eigenvalue weighted by molar-refractivity contribution is 5.28. The molecule has 1 nitrogen and oxygen atoms in total. The fraction of sp³-hybridized carbons (Fsp3) is 0.625. The van der Waals surface area contributed by atoms with E-state index in [4.69, 9.17) is 5.73 Å². The van der Waals surface area contributed by atoms with Crippen molar-refractivity contribution in [1.29, 1.82) is 0 Å². The summed E-state index contributed by atoms with van der Waals surface area (Å²) in [7, 11) is 0. The van der Waals surface area contributed by atoms with Gasteiger partial charge in [-0.25, -0.2) is 8.78 Å². The first-order valence-corrected chi connectivity index (χ1v) is 6.96. The quantitative estimate of drug-likeness (QED) is 0.807. The molecule has 0 saturated heterocycles. The third-order valence-electron chi connectivity index (χ3n) is 3.48. The van der Waals surface area contributed by atoms with Gasteiger partial charge in [-0.3, -0.25) is 0 Å². The van der Waals surface area contributed by atoms with Gasteiger partial charge in [-0.2, -0.15) is 0 Å². The second-order valence-corrected chi connectivity index (χ2v) is 6.01. The molecule has 0 aromatic heterocycles. The number of hydrogen-bond acceptors (Lipinski definition) is 1. The molecule has 3 heteroatoms. The van der Waals surface area contributed by atoms with Gasteiger partial charge in [0.2, 0.25) is 0 Å². The maximum Gasteiger partial charge on any atom is 0.273 e. The summed E-state index contributed by atoms with van der Waals surface area (Å²) < 4.78 is 27.9. The van der Waals surface area contributed by atoms with Crippen LogP contribution in [0.3, 0.4) is 0 Å². The van der Waals surface area contributed by atoms with Gasteiger partial charge in [0, 0.05) is 12.0 Å². The van der Waals surface area contributed by atoms with Gasteiger partial charge in [0.15, 0.2) is 0 Å². The number of hydrogen-bond donors (Lipinski definition) is 1. The lowest BCUT2D eigenvalue weighted by atomic mass is 9.87. The summed E-state index contributed by atoms with van der Waals surface area (Å²) in [6.07, 6.45) is -0.114. The van der Waals surface area contributed by atoms with Crippen LogP contribution in [-0.4, -0.2) is 6.54 Å². The largest absolute Gasteiger partial charge is 0.330 e. The molecule has 108 valence electrons. The number of rotatable bonds is 6. The van der Waals surface area contributed by atoms with Gasteiger partial charge in [0.05, 0.1) is 0 Å². The fourth-order valence-electron chi connectivity index (χ4n) is 2.40. The second-order valence-electron chi connectivity index (χ2n) is 6.01. The van der Waals surface area contributed by atoms with Gasteiger partial charge >= 0.3 is 0 Å². The van der Waals surface area contributed by atoms with E-state index in [1.54, 1.807) is 24.3 Å². The fourth-order valence-corrected chi connectivity index (χ4v) is 2.40. The Morgan fingerprint density at radius 2 is 1.58 bits per heavy atom. The molecule has 1 unspecified atom stereocenters. The van der Waals surface area contributed by atoms with Crippen molar-refractivity contribution in [3.8, 4) is 0 Å². The van der Waals surface area contributed by atoms with Crippen molar-refractivity contribution in [1.82, 2.24) is 0 Å². The van der Waals surface area contributed by atoms with Gasteiger partial charge in [-0.15, -0.1) is 0 Å². The highest BCUT2D eigenvalue weighted by atomic mass is 19.3. The smallest absolute Gasteiger partial charge is 0.273 e. The van der Waals surface area contributed by atoms with Crippen LogP contribution in [0.5, 0.6) is 0 Å². The second kappa shape index (κ2) is 6.47. The first kappa shape index (κ1) is 16.1. The first-order chi connectivity index (χ1) is 8.77. The van der Waals surface area contributed by atoms with Crippen LogP contribution >= 0.6 is 0 Å². The van der Waals surface area contributed by atoms with Crippen molar-refractivity contribution in [2.24, 2.45) is 17.6 Å². The zero-order valence-corrected chi connectivity index (χ0v) is 12.3. The molecule has 19 heavy (non-hydrogen) atoms. The molecule has 0 saturated carbocycles. The number of nitrogens with two attached hydrogens (primary N) is 1. The van der Waals surface area contributed by atoms with E-state index >= 15 is 0 Å². The summed E-state index contributed by atoms with van der Waals surface area (Å²) in [5.74, 6) is -2.13. The van der Waals surface area contributed by atoms with E-state index in [0.29, 0.717) is 12.5 Å². The van der Waals surface area contributed by atoms with E-state index in [1.807, 2.05) is 13.8 Å². The van der Waals surface area contributed by atoms with Crippen LogP contribution in [0.25, 0.3) is 0 Å². The Hall–Kier alpha value is -0.960. The third-order valence-corrected chi connectivity index (χ3v) is 3.48. The van der Waals surface area contributed by atoms with E-state index in [-0.39, 0.29) is 23.8 Å². The van der Waals surface area contributed by atoms with E-state index < -0.39 is 5.92 Å². The normalized spacial score (nSPS) is 14.2. The molecule has 0 radical (unpaired) electrons. The molecule has 0 aliphatic heterocycles. The van der Waals surface area contributed by atoms with E-state index in [0.717, 1.165) is 5.56 Å². The van der Waals surface area contributed by atoms with Crippen molar-refractivity contribution >= 4 is 0 Å². The Morgan fingerprint density at radius 3 is 1.95 bits per heavy atom. The summed E-state index contributed by atoms with van der Waals surface area (Å²) >= 11 is 0. The number of halogens is 2. The topological polar surface area (TPSA) is 26.0 Å². The number of alkyl halides is 2. The van der Waals surface area contributed by atoms with Gasteiger partial charge in [-0.05, 0) is 29.9 Å². The first-order valence-electron chi connectivity index (χ1n) is 6.96. The monoisotopic (exact) mass is 269 g/mol. The molecule has 1 aromatic carbocycles.